The normalized spacial score (nSPS) is 18.2. The minimum Gasteiger partial charge on any atom is -0.345 e. The fourth-order valence-electron chi connectivity index (χ4n) is 2.77. The van der Waals surface area contributed by atoms with Crippen LogP contribution in [-0.2, 0) is 16.0 Å². The van der Waals surface area contributed by atoms with Gasteiger partial charge in [-0.1, -0.05) is 19.1 Å². The van der Waals surface area contributed by atoms with Gasteiger partial charge >= 0.3 is 6.18 Å². The number of fused-ring (bicyclic) bond motifs is 1. The van der Waals surface area contributed by atoms with E-state index in [9.17, 15) is 22.8 Å². The van der Waals surface area contributed by atoms with Gasteiger partial charge in [0.1, 0.15) is 12.6 Å². The van der Waals surface area contributed by atoms with Gasteiger partial charge in [0, 0.05) is 12.1 Å². The maximum atomic E-state index is 12.6. The number of hydrogen-bond acceptors (Lipinski definition) is 3. The lowest BCUT2D eigenvalue weighted by Gasteiger charge is -2.27. The number of alkyl halides is 3. The zero-order chi connectivity index (χ0) is 18.1. The molecule has 0 aromatic heterocycles. The molecule has 0 spiro atoms. The summed E-state index contributed by atoms with van der Waals surface area (Å²) >= 11 is 0. The fraction of sp³-hybridized carbons (Fsp3) is 0.500. The van der Waals surface area contributed by atoms with E-state index >= 15 is 0 Å². The average Bonchev–Trinajstić information content (AvgIpc) is 2.91. The molecule has 0 saturated heterocycles. The number of aryl methyl sites for hydroxylation is 1. The van der Waals surface area contributed by atoms with Crippen LogP contribution in [0.25, 0.3) is 0 Å². The number of nitrogens with zero attached hydrogens (tertiary/aromatic N) is 1. The van der Waals surface area contributed by atoms with Crippen LogP contribution in [0.4, 0.5) is 18.9 Å². The third-order valence-corrected chi connectivity index (χ3v) is 4.11. The molecule has 0 unspecified atom stereocenters. The number of carbonyl (C=O) groups is 2. The van der Waals surface area contributed by atoms with E-state index in [2.05, 4.69) is 0 Å². The fourth-order valence-corrected chi connectivity index (χ4v) is 2.77. The Kier molecular flexibility index (Phi) is 5.17. The van der Waals surface area contributed by atoms with Crippen LogP contribution in [0.2, 0.25) is 0 Å². The van der Waals surface area contributed by atoms with Crippen molar-refractivity contribution >= 4 is 17.5 Å². The van der Waals surface area contributed by atoms with Crippen LogP contribution in [0.5, 0.6) is 0 Å². The van der Waals surface area contributed by atoms with E-state index < -0.39 is 36.6 Å². The molecule has 1 aliphatic rings. The summed E-state index contributed by atoms with van der Waals surface area (Å²) in [6.07, 6.45) is -3.97. The molecule has 2 rings (SSSR count). The molecule has 1 aromatic carbocycles. The Morgan fingerprint density at radius 3 is 2.67 bits per heavy atom. The van der Waals surface area contributed by atoms with Crippen molar-refractivity contribution in [2.45, 2.75) is 44.9 Å². The highest BCUT2D eigenvalue weighted by Crippen LogP contribution is 2.35. The summed E-state index contributed by atoms with van der Waals surface area (Å²) < 4.78 is 37.1. The molecule has 1 aliphatic heterocycles. The molecule has 8 heteroatoms. The molecule has 0 saturated carbocycles. The highest BCUT2D eigenvalue weighted by molar-refractivity contribution is 6.05. The predicted octanol–water partition coefficient (Wildman–Crippen LogP) is 1.67. The maximum absolute atomic E-state index is 12.6. The van der Waals surface area contributed by atoms with Gasteiger partial charge in [-0.25, -0.2) is 0 Å². The van der Waals surface area contributed by atoms with E-state index in [4.69, 9.17) is 5.73 Å². The van der Waals surface area contributed by atoms with Crippen molar-refractivity contribution in [2.24, 2.45) is 5.73 Å². The molecular formula is C16H20F3N3O2. The first kappa shape index (κ1) is 18.3. The van der Waals surface area contributed by atoms with Crippen LogP contribution in [0.15, 0.2) is 18.2 Å². The molecule has 2 amide bonds. The molecule has 24 heavy (non-hydrogen) atoms. The van der Waals surface area contributed by atoms with E-state index in [1.807, 2.05) is 18.3 Å². The molecule has 0 radical (unpaired) electrons. The van der Waals surface area contributed by atoms with E-state index in [0.29, 0.717) is 12.1 Å². The average molecular weight is 343 g/mol. The van der Waals surface area contributed by atoms with Gasteiger partial charge < -0.3 is 11.1 Å². The van der Waals surface area contributed by atoms with Crippen LogP contribution in [-0.4, -0.2) is 36.6 Å². The lowest BCUT2D eigenvalue weighted by molar-refractivity contribution is -0.139. The van der Waals surface area contributed by atoms with Gasteiger partial charge in [0.2, 0.25) is 11.8 Å². The van der Waals surface area contributed by atoms with E-state index in [1.165, 1.54) is 4.90 Å². The van der Waals surface area contributed by atoms with Crippen LogP contribution >= 0.6 is 0 Å². The summed E-state index contributed by atoms with van der Waals surface area (Å²) in [7, 11) is 0. The van der Waals surface area contributed by atoms with Gasteiger partial charge in [-0.05, 0) is 30.5 Å². The smallest absolute Gasteiger partial charge is 0.345 e. The van der Waals surface area contributed by atoms with Crippen LogP contribution in [0.3, 0.4) is 0 Å². The third kappa shape index (κ3) is 3.69. The zero-order valence-corrected chi connectivity index (χ0v) is 13.5. The molecule has 3 N–H and O–H groups in total. The second-order valence-corrected chi connectivity index (χ2v) is 5.85. The SMILES string of the molecule is CC[C@H](N)C(=O)N1c2cccc(C)c2C[C@@H]1C(=O)NCC(F)(F)F. The van der Waals surface area contributed by atoms with Gasteiger partial charge in [-0.3, -0.25) is 14.5 Å². The summed E-state index contributed by atoms with van der Waals surface area (Å²) in [6, 6.07) is 3.42. The Hall–Kier alpha value is -2.09. The Bertz CT molecular complexity index is 646. The van der Waals surface area contributed by atoms with Crippen molar-refractivity contribution in [2.75, 3.05) is 11.4 Å². The number of nitrogens with one attached hydrogen (secondary N) is 1. The Balaban J connectivity index is 2.31. The van der Waals surface area contributed by atoms with Crippen LogP contribution < -0.4 is 16.0 Å². The Labute approximate surface area is 138 Å². The maximum Gasteiger partial charge on any atom is 0.405 e. The van der Waals surface area contributed by atoms with Gasteiger partial charge in [0.25, 0.3) is 0 Å². The van der Waals surface area contributed by atoms with Crippen molar-refractivity contribution in [1.82, 2.24) is 5.32 Å². The number of anilines is 1. The van der Waals surface area contributed by atoms with Crippen LogP contribution in [0, 0.1) is 6.92 Å². The van der Waals surface area contributed by atoms with Crippen molar-refractivity contribution in [3.8, 4) is 0 Å². The quantitative estimate of drug-likeness (QED) is 0.873. The van der Waals surface area contributed by atoms with Gasteiger partial charge in [-0.15, -0.1) is 0 Å². The predicted molar refractivity (Wildman–Crippen MR) is 83.5 cm³/mol. The minimum atomic E-state index is -4.51. The van der Waals surface area contributed by atoms with Crippen molar-refractivity contribution in [3.05, 3.63) is 29.3 Å². The van der Waals surface area contributed by atoms with Crippen LogP contribution in [0.1, 0.15) is 24.5 Å². The first-order valence-electron chi connectivity index (χ1n) is 7.67. The Morgan fingerprint density at radius 2 is 2.08 bits per heavy atom. The number of benzene rings is 1. The first-order chi connectivity index (χ1) is 11.2. The zero-order valence-electron chi connectivity index (χ0n) is 13.5. The van der Waals surface area contributed by atoms with E-state index in [1.54, 1.807) is 19.1 Å². The molecule has 0 aliphatic carbocycles. The molecule has 1 heterocycles. The number of nitrogens with two attached hydrogens (primary N) is 1. The molecular weight excluding hydrogens is 323 g/mol. The third-order valence-electron chi connectivity index (χ3n) is 4.11. The van der Waals surface area contributed by atoms with Gasteiger partial charge in [-0.2, -0.15) is 13.2 Å². The second-order valence-electron chi connectivity index (χ2n) is 5.85. The lowest BCUT2D eigenvalue weighted by Crippen LogP contribution is -2.53. The monoisotopic (exact) mass is 343 g/mol. The van der Waals surface area contributed by atoms with Crippen molar-refractivity contribution in [3.63, 3.8) is 0 Å². The Morgan fingerprint density at radius 1 is 1.42 bits per heavy atom. The van der Waals surface area contributed by atoms with Crippen molar-refractivity contribution in [1.29, 1.82) is 0 Å². The lowest BCUT2D eigenvalue weighted by atomic mass is 10.0. The summed E-state index contributed by atoms with van der Waals surface area (Å²) in [5, 5.41) is 1.86. The molecule has 2 atom stereocenters. The van der Waals surface area contributed by atoms with Crippen molar-refractivity contribution < 1.29 is 22.8 Å². The summed E-state index contributed by atoms with van der Waals surface area (Å²) in [4.78, 5) is 26.1. The van der Waals surface area contributed by atoms with E-state index in [0.717, 1.165) is 11.1 Å². The molecule has 0 bridgehead atoms. The molecule has 1 aromatic rings. The largest absolute Gasteiger partial charge is 0.405 e. The number of carbonyl (C=O) groups excluding carboxylic acids is 2. The number of rotatable bonds is 4. The minimum absolute atomic E-state index is 0.174. The van der Waals surface area contributed by atoms with Gasteiger partial charge in [0.15, 0.2) is 0 Å². The van der Waals surface area contributed by atoms with Gasteiger partial charge in [0.05, 0.1) is 6.04 Å². The summed E-state index contributed by atoms with van der Waals surface area (Å²) in [5.41, 5.74) is 7.99. The highest BCUT2D eigenvalue weighted by Gasteiger charge is 2.41. The highest BCUT2D eigenvalue weighted by atomic mass is 19.4. The molecule has 132 valence electrons. The summed E-state index contributed by atoms with van der Waals surface area (Å²) in [5.74, 6) is -1.30. The number of halogens is 3. The summed E-state index contributed by atoms with van der Waals surface area (Å²) in [6.45, 7) is 2.13. The second kappa shape index (κ2) is 6.80. The van der Waals surface area contributed by atoms with E-state index in [-0.39, 0.29) is 6.42 Å². The topological polar surface area (TPSA) is 75.4 Å². The molecule has 0 fully saturated rings. The number of amides is 2. The number of hydrogen-bond donors (Lipinski definition) is 2. The standard InChI is InChI=1S/C16H20F3N3O2/c1-3-11(20)15(24)22-12-6-4-5-9(2)10(12)7-13(22)14(23)21-8-16(17,18)19/h4-6,11,13H,3,7-8,20H2,1-2H3,(H,21,23)/t11-,13+/m0/s1. The molecule has 5 nitrogen and oxygen atoms in total. The first-order valence-corrected chi connectivity index (χ1v) is 7.67.